The van der Waals surface area contributed by atoms with Gasteiger partial charge in [0.1, 0.15) is 0 Å². The van der Waals surface area contributed by atoms with Crippen molar-refractivity contribution in [1.82, 2.24) is 0 Å². The van der Waals surface area contributed by atoms with Gasteiger partial charge in [-0.3, -0.25) is 0 Å². The summed E-state index contributed by atoms with van der Waals surface area (Å²) >= 11 is 1.72. The molecule has 0 saturated heterocycles. The Labute approximate surface area is 106 Å². The predicted molar refractivity (Wildman–Crippen MR) is 72.6 cm³/mol. The number of ether oxygens (including phenoxy) is 1. The number of aliphatic hydroxyl groups is 1. The number of benzene rings is 1. The van der Waals surface area contributed by atoms with Crippen LogP contribution in [-0.4, -0.2) is 23.9 Å². The van der Waals surface area contributed by atoms with Crippen molar-refractivity contribution in [3.05, 3.63) is 35.2 Å². The summed E-state index contributed by atoms with van der Waals surface area (Å²) in [5.41, 5.74) is 0.687. The third-order valence-electron chi connectivity index (χ3n) is 3.30. The van der Waals surface area contributed by atoms with Gasteiger partial charge in [-0.2, -0.15) is 0 Å². The van der Waals surface area contributed by atoms with Crippen LogP contribution in [0.3, 0.4) is 0 Å². The van der Waals surface area contributed by atoms with Crippen LogP contribution in [0.15, 0.2) is 29.6 Å². The molecule has 0 aliphatic heterocycles. The second kappa shape index (κ2) is 4.77. The Morgan fingerprint density at radius 1 is 1.35 bits per heavy atom. The Bertz CT molecular complexity index is 502. The Morgan fingerprint density at radius 2 is 2.06 bits per heavy atom. The van der Waals surface area contributed by atoms with E-state index in [9.17, 15) is 5.11 Å². The molecular weight excluding hydrogens is 232 g/mol. The molecule has 1 heterocycles. The number of rotatable bonds is 4. The highest BCUT2D eigenvalue weighted by Gasteiger charge is 2.28. The molecule has 1 aromatic carbocycles. The van der Waals surface area contributed by atoms with Crippen molar-refractivity contribution in [1.29, 1.82) is 0 Å². The number of fused-ring (bicyclic) bond motifs is 1. The summed E-state index contributed by atoms with van der Waals surface area (Å²) in [5, 5.41) is 13.6. The number of hydrogen-bond donors (Lipinski definition) is 1. The highest BCUT2D eigenvalue weighted by atomic mass is 32.1. The van der Waals surface area contributed by atoms with Crippen LogP contribution in [0.2, 0.25) is 0 Å². The SMILES string of the molecule is COC(C)(C)C(O)Cc1csc2ccccc12. The molecule has 1 aromatic heterocycles. The second-order valence-electron chi connectivity index (χ2n) is 4.78. The van der Waals surface area contributed by atoms with Gasteiger partial charge in [0.2, 0.25) is 0 Å². The molecule has 1 N–H and O–H groups in total. The van der Waals surface area contributed by atoms with E-state index in [2.05, 4.69) is 17.5 Å². The summed E-state index contributed by atoms with van der Waals surface area (Å²) in [5.74, 6) is 0. The lowest BCUT2D eigenvalue weighted by molar-refractivity contribution is -0.0763. The highest BCUT2D eigenvalue weighted by Crippen LogP contribution is 2.28. The van der Waals surface area contributed by atoms with E-state index in [1.807, 2.05) is 26.0 Å². The standard InChI is InChI=1S/C14H18O2S/c1-14(2,16-3)13(15)8-10-9-17-12-7-5-4-6-11(10)12/h4-7,9,13,15H,8H2,1-3H3. The highest BCUT2D eigenvalue weighted by molar-refractivity contribution is 7.17. The third-order valence-corrected chi connectivity index (χ3v) is 4.32. The topological polar surface area (TPSA) is 29.5 Å². The van der Waals surface area contributed by atoms with Gasteiger partial charge in [-0.1, -0.05) is 18.2 Å². The van der Waals surface area contributed by atoms with E-state index in [0.717, 1.165) is 0 Å². The zero-order valence-electron chi connectivity index (χ0n) is 10.4. The maximum absolute atomic E-state index is 10.2. The Balaban J connectivity index is 2.24. The molecule has 0 aliphatic carbocycles. The van der Waals surface area contributed by atoms with Gasteiger partial charge in [0.05, 0.1) is 11.7 Å². The summed E-state index contributed by atoms with van der Waals surface area (Å²) in [7, 11) is 1.63. The largest absolute Gasteiger partial charge is 0.390 e. The van der Waals surface area contributed by atoms with E-state index in [1.165, 1.54) is 15.6 Å². The third kappa shape index (κ3) is 2.51. The zero-order valence-corrected chi connectivity index (χ0v) is 11.3. The molecule has 2 aromatic rings. The minimum atomic E-state index is -0.511. The molecule has 0 aliphatic rings. The van der Waals surface area contributed by atoms with Gasteiger partial charge in [0.25, 0.3) is 0 Å². The van der Waals surface area contributed by atoms with Gasteiger partial charge in [0.15, 0.2) is 0 Å². The summed E-state index contributed by atoms with van der Waals surface area (Å²) in [6.07, 6.45) is 0.135. The first-order chi connectivity index (χ1) is 8.04. The first kappa shape index (κ1) is 12.6. The van der Waals surface area contributed by atoms with Gasteiger partial charge in [0, 0.05) is 18.2 Å². The molecule has 92 valence electrons. The van der Waals surface area contributed by atoms with Crippen LogP contribution in [0.25, 0.3) is 10.1 Å². The van der Waals surface area contributed by atoms with Crippen molar-refractivity contribution in [2.75, 3.05) is 7.11 Å². The van der Waals surface area contributed by atoms with Gasteiger partial charge >= 0.3 is 0 Å². The van der Waals surface area contributed by atoms with Crippen LogP contribution in [-0.2, 0) is 11.2 Å². The molecule has 17 heavy (non-hydrogen) atoms. The van der Waals surface area contributed by atoms with E-state index < -0.39 is 11.7 Å². The Kier molecular flexibility index (Phi) is 3.52. The molecule has 1 atom stereocenters. The lowest BCUT2D eigenvalue weighted by Gasteiger charge is -2.28. The second-order valence-corrected chi connectivity index (χ2v) is 5.70. The molecule has 0 bridgehead atoms. The van der Waals surface area contributed by atoms with Crippen molar-refractivity contribution in [3.63, 3.8) is 0 Å². The van der Waals surface area contributed by atoms with E-state index in [1.54, 1.807) is 18.4 Å². The Hall–Kier alpha value is -0.900. The average molecular weight is 250 g/mol. The summed E-state index contributed by atoms with van der Waals surface area (Å²) in [6.45, 7) is 3.82. The lowest BCUT2D eigenvalue weighted by atomic mass is 9.95. The molecule has 0 spiro atoms. The van der Waals surface area contributed by atoms with Crippen molar-refractivity contribution in [2.45, 2.75) is 32.0 Å². The van der Waals surface area contributed by atoms with E-state index in [-0.39, 0.29) is 0 Å². The van der Waals surface area contributed by atoms with E-state index in [0.29, 0.717) is 6.42 Å². The van der Waals surface area contributed by atoms with Crippen molar-refractivity contribution in [3.8, 4) is 0 Å². The number of hydrogen-bond acceptors (Lipinski definition) is 3. The molecule has 0 amide bonds. The van der Waals surface area contributed by atoms with Crippen LogP contribution >= 0.6 is 11.3 Å². The molecule has 2 nitrogen and oxygen atoms in total. The van der Waals surface area contributed by atoms with E-state index in [4.69, 9.17) is 4.74 Å². The van der Waals surface area contributed by atoms with Gasteiger partial charge in [-0.15, -0.1) is 11.3 Å². The fraction of sp³-hybridized carbons (Fsp3) is 0.429. The minimum Gasteiger partial charge on any atom is -0.390 e. The first-order valence-electron chi connectivity index (χ1n) is 5.73. The quantitative estimate of drug-likeness (QED) is 0.902. The maximum atomic E-state index is 10.2. The van der Waals surface area contributed by atoms with Crippen LogP contribution in [0, 0.1) is 0 Å². The smallest absolute Gasteiger partial charge is 0.0883 e. The van der Waals surface area contributed by atoms with Gasteiger partial charge in [-0.05, 0) is 36.2 Å². The van der Waals surface area contributed by atoms with Gasteiger partial charge in [-0.25, -0.2) is 0 Å². The zero-order chi connectivity index (χ0) is 12.5. The summed E-state index contributed by atoms with van der Waals surface area (Å²) < 4.78 is 6.58. The molecule has 1 unspecified atom stereocenters. The number of thiophene rings is 1. The van der Waals surface area contributed by atoms with Crippen LogP contribution < -0.4 is 0 Å². The number of aliphatic hydroxyl groups excluding tert-OH is 1. The van der Waals surface area contributed by atoms with Gasteiger partial charge < -0.3 is 9.84 Å². The molecule has 0 fully saturated rings. The summed E-state index contributed by atoms with van der Waals surface area (Å²) in [4.78, 5) is 0. The normalized spacial score (nSPS) is 14.1. The molecule has 3 heteroatoms. The summed E-state index contributed by atoms with van der Waals surface area (Å²) in [6, 6.07) is 8.29. The monoisotopic (exact) mass is 250 g/mol. The van der Waals surface area contributed by atoms with E-state index >= 15 is 0 Å². The fourth-order valence-corrected chi connectivity index (χ4v) is 2.76. The fourth-order valence-electron chi connectivity index (χ4n) is 1.78. The minimum absolute atomic E-state index is 0.495. The number of methoxy groups -OCH3 is 1. The van der Waals surface area contributed by atoms with Crippen LogP contribution in [0.1, 0.15) is 19.4 Å². The van der Waals surface area contributed by atoms with Crippen molar-refractivity contribution < 1.29 is 9.84 Å². The maximum Gasteiger partial charge on any atom is 0.0883 e. The average Bonchev–Trinajstić information content (AvgIpc) is 2.73. The molecule has 0 saturated carbocycles. The molecular formula is C14H18O2S. The van der Waals surface area contributed by atoms with Crippen molar-refractivity contribution >= 4 is 21.4 Å². The van der Waals surface area contributed by atoms with Crippen molar-refractivity contribution in [2.24, 2.45) is 0 Å². The predicted octanol–water partition coefficient (Wildman–Crippen LogP) is 3.23. The van der Waals surface area contributed by atoms with Crippen LogP contribution in [0.4, 0.5) is 0 Å². The first-order valence-corrected chi connectivity index (χ1v) is 6.61. The lowest BCUT2D eigenvalue weighted by Crippen LogP contribution is -2.39. The molecule has 0 radical (unpaired) electrons. The van der Waals surface area contributed by atoms with Crippen LogP contribution in [0.5, 0.6) is 0 Å². The molecule has 2 rings (SSSR count). The Morgan fingerprint density at radius 3 is 2.76 bits per heavy atom.